The Bertz CT molecular complexity index is 633. The molecule has 104 valence electrons. The predicted octanol–water partition coefficient (Wildman–Crippen LogP) is 2.65. The van der Waals surface area contributed by atoms with Crippen molar-refractivity contribution >= 4 is 33.3 Å². The van der Waals surface area contributed by atoms with Crippen molar-refractivity contribution in [2.75, 3.05) is 5.75 Å². The number of thiophene rings is 1. The summed E-state index contributed by atoms with van der Waals surface area (Å²) in [5.41, 5.74) is 1.02. The van der Waals surface area contributed by atoms with Crippen molar-refractivity contribution in [2.24, 2.45) is 0 Å². The van der Waals surface area contributed by atoms with E-state index in [0.29, 0.717) is 23.9 Å². The first kappa shape index (κ1) is 14.6. The van der Waals surface area contributed by atoms with E-state index in [2.05, 4.69) is 4.98 Å². The first-order valence-corrected chi connectivity index (χ1v) is 8.24. The Morgan fingerprint density at radius 3 is 2.89 bits per heavy atom. The number of thioether (sulfide) groups is 1. The number of aryl methyl sites for hydroxylation is 1. The fourth-order valence-electron chi connectivity index (χ4n) is 1.82. The second-order valence-electron chi connectivity index (χ2n) is 4.42. The van der Waals surface area contributed by atoms with Gasteiger partial charge in [0.25, 0.3) is 5.56 Å². The van der Waals surface area contributed by atoms with Gasteiger partial charge in [0, 0.05) is 12.3 Å². The van der Waals surface area contributed by atoms with E-state index in [-0.39, 0.29) is 11.7 Å². The quantitative estimate of drug-likeness (QED) is 0.681. The Kier molecular flexibility index (Phi) is 4.65. The molecule has 0 amide bonds. The van der Waals surface area contributed by atoms with Crippen LogP contribution < -0.4 is 5.56 Å². The number of nitrogens with zero attached hydrogens (tertiary/aromatic N) is 2. The molecule has 0 aliphatic rings. The maximum absolute atomic E-state index is 12.4. The van der Waals surface area contributed by atoms with Gasteiger partial charge in [0.15, 0.2) is 5.16 Å². The van der Waals surface area contributed by atoms with Gasteiger partial charge in [0.05, 0.1) is 11.5 Å². The van der Waals surface area contributed by atoms with E-state index in [1.807, 2.05) is 26.2 Å². The van der Waals surface area contributed by atoms with Crippen LogP contribution in [0, 0.1) is 6.92 Å². The molecule has 0 aromatic carbocycles. The molecule has 0 bridgehead atoms. The Morgan fingerprint density at radius 2 is 2.26 bits per heavy atom. The average Bonchev–Trinajstić information content (AvgIpc) is 2.77. The molecule has 0 radical (unpaired) electrons. The lowest BCUT2D eigenvalue weighted by molar-refractivity contribution is 0.195. The van der Waals surface area contributed by atoms with Crippen LogP contribution >= 0.6 is 23.1 Å². The zero-order valence-corrected chi connectivity index (χ0v) is 13.0. The summed E-state index contributed by atoms with van der Waals surface area (Å²) in [7, 11) is 0. The lowest BCUT2D eigenvalue weighted by atomic mass is 10.3. The van der Waals surface area contributed by atoms with E-state index in [0.717, 1.165) is 15.8 Å². The third-order valence-electron chi connectivity index (χ3n) is 3.03. The number of aliphatic hydroxyl groups excluding tert-OH is 1. The van der Waals surface area contributed by atoms with Gasteiger partial charge in [-0.2, -0.15) is 0 Å². The highest BCUT2D eigenvalue weighted by molar-refractivity contribution is 7.99. The van der Waals surface area contributed by atoms with E-state index in [1.165, 1.54) is 23.1 Å². The zero-order valence-electron chi connectivity index (χ0n) is 11.3. The maximum atomic E-state index is 12.4. The molecule has 2 rings (SSSR count). The Labute approximate surface area is 120 Å². The number of hydrogen-bond acceptors (Lipinski definition) is 5. The van der Waals surface area contributed by atoms with E-state index >= 15 is 0 Å². The number of rotatable bonds is 5. The van der Waals surface area contributed by atoms with Crippen molar-refractivity contribution < 1.29 is 5.11 Å². The molecule has 19 heavy (non-hydrogen) atoms. The van der Waals surface area contributed by atoms with Crippen molar-refractivity contribution in [1.29, 1.82) is 0 Å². The molecule has 0 saturated heterocycles. The largest absolute Gasteiger partial charge is 0.392 e. The minimum Gasteiger partial charge on any atom is -0.392 e. The van der Waals surface area contributed by atoms with E-state index in [9.17, 15) is 9.90 Å². The maximum Gasteiger partial charge on any atom is 0.263 e. The molecule has 2 aromatic heterocycles. The molecule has 1 atom stereocenters. The van der Waals surface area contributed by atoms with Crippen molar-refractivity contribution in [3.63, 3.8) is 0 Å². The van der Waals surface area contributed by atoms with Crippen molar-refractivity contribution in [3.8, 4) is 0 Å². The average molecular weight is 298 g/mol. The first-order valence-electron chi connectivity index (χ1n) is 6.37. The highest BCUT2D eigenvalue weighted by atomic mass is 32.2. The van der Waals surface area contributed by atoms with Crippen molar-refractivity contribution in [3.05, 3.63) is 21.3 Å². The number of fused-ring (bicyclic) bond motifs is 1. The van der Waals surface area contributed by atoms with Crippen LogP contribution in [0.15, 0.2) is 15.3 Å². The lowest BCUT2D eigenvalue weighted by Crippen LogP contribution is -2.23. The van der Waals surface area contributed by atoms with Gasteiger partial charge < -0.3 is 5.11 Å². The van der Waals surface area contributed by atoms with Crippen LogP contribution in [-0.4, -0.2) is 26.5 Å². The van der Waals surface area contributed by atoms with Gasteiger partial charge in [0.1, 0.15) is 4.83 Å². The van der Waals surface area contributed by atoms with Crippen LogP contribution in [0.3, 0.4) is 0 Å². The molecule has 0 aliphatic heterocycles. The van der Waals surface area contributed by atoms with Gasteiger partial charge in [-0.05, 0) is 31.2 Å². The second kappa shape index (κ2) is 6.07. The standard InChI is InChI=1S/C13H18N2O2S2/c1-4-9(16)7-19-13-14-11-10(8(3)6-18-11)12(17)15(13)5-2/h6,9,16H,4-5,7H2,1-3H3/t9-/m0/s1. The summed E-state index contributed by atoms with van der Waals surface area (Å²) in [5, 5.41) is 13.0. The second-order valence-corrected chi connectivity index (χ2v) is 6.26. The van der Waals surface area contributed by atoms with E-state index in [1.54, 1.807) is 4.57 Å². The molecule has 0 saturated carbocycles. The molecule has 0 aliphatic carbocycles. The summed E-state index contributed by atoms with van der Waals surface area (Å²) < 4.78 is 1.69. The third kappa shape index (κ3) is 2.85. The van der Waals surface area contributed by atoms with Crippen LogP contribution in [-0.2, 0) is 6.54 Å². The smallest absolute Gasteiger partial charge is 0.263 e. The molecular formula is C13H18N2O2S2. The number of hydrogen-bond donors (Lipinski definition) is 1. The normalized spacial score (nSPS) is 13.1. The fraction of sp³-hybridized carbons (Fsp3) is 0.538. The predicted molar refractivity (Wildman–Crippen MR) is 81.3 cm³/mol. The van der Waals surface area contributed by atoms with Crippen LogP contribution in [0.25, 0.3) is 10.2 Å². The minimum atomic E-state index is -0.354. The molecule has 2 aromatic rings. The van der Waals surface area contributed by atoms with Gasteiger partial charge in [-0.3, -0.25) is 9.36 Å². The van der Waals surface area contributed by atoms with Gasteiger partial charge in [-0.15, -0.1) is 11.3 Å². The monoisotopic (exact) mass is 298 g/mol. The zero-order chi connectivity index (χ0) is 14.0. The van der Waals surface area contributed by atoms with Gasteiger partial charge in [0.2, 0.25) is 0 Å². The summed E-state index contributed by atoms with van der Waals surface area (Å²) >= 11 is 2.95. The molecule has 0 unspecified atom stereocenters. The van der Waals surface area contributed by atoms with Gasteiger partial charge >= 0.3 is 0 Å². The Balaban J connectivity index is 2.46. The SMILES string of the molecule is CC[C@H](O)CSc1nc2scc(C)c2c(=O)n1CC. The molecule has 6 heteroatoms. The molecule has 0 fully saturated rings. The fourth-order valence-corrected chi connectivity index (χ4v) is 3.89. The van der Waals surface area contributed by atoms with Crippen molar-refractivity contribution in [1.82, 2.24) is 9.55 Å². The topological polar surface area (TPSA) is 55.1 Å². The summed E-state index contributed by atoms with van der Waals surface area (Å²) in [6, 6.07) is 0. The minimum absolute atomic E-state index is 0.0275. The molecule has 2 heterocycles. The van der Waals surface area contributed by atoms with Crippen molar-refractivity contribution in [2.45, 2.75) is 45.0 Å². The third-order valence-corrected chi connectivity index (χ3v) is 5.15. The van der Waals surface area contributed by atoms with E-state index in [4.69, 9.17) is 0 Å². The highest BCUT2D eigenvalue weighted by Gasteiger charge is 2.14. The first-order chi connectivity index (χ1) is 9.08. The van der Waals surface area contributed by atoms with Crippen LogP contribution in [0.1, 0.15) is 25.8 Å². The molecule has 4 nitrogen and oxygen atoms in total. The molecule has 0 spiro atoms. The van der Waals surface area contributed by atoms with E-state index < -0.39 is 0 Å². The van der Waals surface area contributed by atoms with Gasteiger partial charge in [-0.25, -0.2) is 4.98 Å². The molecule has 1 N–H and O–H groups in total. The van der Waals surface area contributed by atoms with Crippen LogP contribution in [0.4, 0.5) is 0 Å². The summed E-state index contributed by atoms with van der Waals surface area (Å²) in [4.78, 5) is 17.8. The summed E-state index contributed by atoms with van der Waals surface area (Å²) in [6.07, 6.45) is 0.358. The lowest BCUT2D eigenvalue weighted by Gasteiger charge is -2.11. The Hall–Kier alpha value is -0.850. The summed E-state index contributed by atoms with van der Waals surface area (Å²) in [6.45, 7) is 6.42. The molecular weight excluding hydrogens is 280 g/mol. The highest BCUT2D eigenvalue weighted by Crippen LogP contribution is 2.24. The van der Waals surface area contributed by atoms with Gasteiger partial charge in [-0.1, -0.05) is 18.7 Å². The number of aromatic nitrogens is 2. The number of aliphatic hydroxyl groups is 1. The van der Waals surface area contributed by atoms with Crippen LogP contribution in [0.2, 0.25) is 0 Å². The summed E-state index contributed by atoms with van der Waals surface area (Å²) in [5.74, 6) is 0.568. The van der Waals surface area contributed by atoms with Crippen LogP contribution in [0.5, 0.6) is 0 Å². The Morgan fingerprint density at radius 1 is 1.53 bits per heavy atom.